The predicted octanol–water partition coefficient (Wildman–Crippen LogP) is 2.21. The summed E-state index contributed by atoms with van der Waals surface area (Å²) in [6.07, 6.45) is 3.47. The highest BCUT2D eigenvalue weighted by Crippen LogP contribution is 2.20. The van der Waals surface area contributed by atoms with Crippen molar-refractivity contribution in [3.05, 3.63) is 76.5 Å². The fraction of sp³-hybridized carbons (Fsp3) is 0.0588. The Bertz CT molecular complexity index is 1050. The predicted molar refractivity (Wildman–Crippen MR) is 100 cm³/mol. The summed E-state index contributed by atoms with van der Waals surface area (Å²) < 4.78 is 25.1. The van der Waals surface area contributed by atoms with Crippen molar-refractivity contribution in [1.82, 2.24) is 15.1 Å². The number of rotatable bonds is 5. The van der Waals surface area contributed by atoms with Crippen LogP contribution in [0, 0.1) is 0 Å². The van der Waals surface area contributed by atoms with Gasteiger partial charge in [0.15, 0.2) is 0 Å². The van der Waals surface area contributed by atoms with Crippen LogP contribution in [-0.4, -0.2) is 24.1 Å². The molecule has 0 unspecified atom stereocenters. The van der Waals surface area contributed by atoms with E-state index in [-0.39, 0.29) is 17.0 Å². The lowest BCUT2D eigenvalue weighted by Gasteiger charge is -2.07. The molecule has 0 saturated carbocycles. The summed E-state index contributed by atoms with van der Waals surface area (Å²) in [5.41, 5.74) is 1.90. The summed E-state index contributed by atoms with van der Waals surface area (Å²) in [6.45, 7) is 0.248. The van der Waals surface area contributed by atoms with Gasteiger partial charge in [0.25, 0.3) is 5.91 Å². The third kappa shape index (κ3) is 4.18. The van der Waals surface area contributed by atoms with Gasteiger partial charge in [-0.15, -0.1) is 0 Å². The van der Waals surface area contributed by atoms with Crippen LogP contribution in [0.3, 0.4) is 0 Å². The zero-order chi connectivity index (χ0) is 18.7. The van der Waals surface area contributed by atoms with Crippen molar-refractivity contribution < 1.29 is 13.2 Å². The fourth-order valence-corrected chi connectivity index (χ4v) is 3.27. The van der Waals surface area contributed by atoms with Crippen LogP contribution in [0.5, 0.6) is 0 Å². The summed E-state index contributed by atoms with van der Waals surface area (Å²) in [5.74, 6) is -0.421. The molecule has 7 nitrogen and oxygen atoms in total. The van der Waals surface area contributed by atoms with Gasteiger partial charge in [0.2, 0.25) is 10.0 Å². The number of carbonyl (C=O) groups is 1. The molecule has 0 atom stereocenters. The van der Waals surface area contributed by atoms with Crippen molar-refractivity contribution in [2.24, 2.45) is 5.14 Å². The minimum atomic E-state index is -3.88. The molecule has 0 aliphatic heterocycles. The van der Waals surface area contributed by atoms with Crippen LogP contribution in [0.4, 0.5) is 0 Å². The standard InChI is InChI=1S/C17H15BrN4O3S/c18-16-7-6-14(26(19,24)25)8-15(16)17(23)20-9-12-10-21-22(11-12)13-4-2-1-3-5-13/h1-8,10-11H,9H2,(H,20,23)(H2,19,24,25). The second-order valence-corrected chi connectivity index (χ2v) is 7.91. The van der Waals surface area contributed by atoms with E-state index in [1.54, 1.807) is 10.9 Å². The Morgan fingerprint density at radius 2 is 1.92 bits per heavy atom. The van der Waals surface area contributed by atoms with Crippen molar-refractivity contribution >= 4 is 31.9 Å². The molecule has 0 bridgehead atoms. The first-order valence-corrected chi connectivity index (χ1v) is 9.88. The molecule has 134 valence electrons. The van der Waals surface area contributed by atoms with Gasteiger partial charge in [-0.1, -0.05) is 18.2 Å². The molecule has 0 fully saturated rings. The number of primary sulfonamides is 1. The highest BCUT2D eigenvalue weighted by molar-refractivity contribution is 9.10. The molecule has 0 aliphatic carbocycles. The van der Waals surface area contributed by atoms with E-state index in [0.29, 0.717) is 4.47 Å². The first kappa shape index (κ1) is 18.3. The molecular weight excluding hydrogens is 420 g/mol. The van der Waals surface area contributed by atoms with E-state index in [0.717, 1.165) is 11.3 Å². The molecule has 9 heteroatoms. The maximum Gasteiger partial charge on any atom is 0.252 e. The van der Waals surface area contributed by atoms with Crippen LogP contribution >= 0.6 is 15.9 Å². The van der Waals surface area contributed by atoms with Gasteiger partial charge in [0.1, 0.15) is 0 Å². The van der Waals surface area contributed by atoms with E-state index >= 15 is 0 Å². The Morgan fingerprint density at radius 3 is 2.62 bits per heavy atom. The van der Waals surface area contributed by atoms with Gasteiger partial charge in [0.05, 0.1) is 22.3 Å². The van der Waals surface area contributed by atoms with E-state index in [1.807, 2.05) is 36.5 Å². The van der Waals surface area contributed by atoms with E-state index in [2.05, 4.69) is 26.3 Å². The average molecular weight is 435 g/mol. The molecule has 1 aromatic heterocycles. The maximum atomic E-state index is 12.4. The van der Waals surface area contributed by atoms with Crippen LogP contribution < -0.4 is 10.5 Å². The number of nitrogens with zero attached hydrogens (tertiary/aromatic N) is 2. The van der Waals surface area contributed by atoms with Crippen molar-refractivity contribution in [1.29, 1.82) is 0 Å². The normalized spacial score (nSPS) is 11.3. The lowest BCUT2D eigenvalue weighted by molar-refractivity contribution is 0.0950. The van der Waals surface area contributed by atoms with Gasteiger partial charge in [-0.05, 0) is 46.3 Å². The highest BCUT2D eigenvalue weighted by Gasteiger charge is 2.15. The van der Waals surface area contributed by atoms with Gasteiger partial charge in [-0.3, -0.25) is 4.79 Å². The number of halogens is 1. The Labute approximate surface area is 159 Å². The number of benzene rings is 2. The first-order valence-electron chi connectivity index (χ1n) is 7.54. The van der Waals surface area contributed by atoms with Gasteiger partial charge in [0, 0.05) is 22.8 Å². The first-order chi connectivity index (χ1) is 12.3. The molecule has 0 spiro atoms. The topological polar surface area (TPSA) is 107 Å². The van der Waals surface area contributed by atoms with Gasteiger partial charge < -0.3 is 5.32 Å². The molecule has 0 aliphatic rings. The van der Waals surface area contributed by atoms with Gasteiger partial charge >= 0.3 is 0 Å². The average Bonchev–Trinajstić information content (AvgIpc) is 3.09. The molecule has 26 heavy (non-hydrogen) atoms. The van der Waals surface area contributed by atoms with Crippen molar-refractivity contribution in [2.75, 3.05) is 0 Å². The minimum Gasteiger partial charge on any atom is -0.348 e. The SMILES string of the molecule is NS(=O)(=O)c1ccc(Br)c(C(=O)NCc2cnn(-c3ccccc3)c2)c1. The van der Waals surface area contributed by atoms with Gasteiger partial charge in [-0.2, -0.15) is 5.10 Å². The number of aromatic nitrogens is 2. The minimum absolute atomic E-state index is 0.122. The number of hydrogen-bond acceptors (Lipinski definition) is 4. The summed E-state index contributed by atoms with van der Waals surface area (Å²) in [7, 11) is -3.88. The molecule has 0 radical (unpaired) electrons. The Balaban J connectivity index is 1.73. The second-order valence-electron chi connectivity index (χ2n) is 5.50. The van der Waals surface area contributed by atoms with Crippen LogP contribution in [-0.2, 0) is 16.6 Å². The van der Waals surface area contributed by atoms with E-state index in [4.69, 9.17) is 5.14 Å². The number of para-hydroxylation sites is 1. The smallest absolute Gasteiger partial charge is 0.252 e. The van der Waals surface area contributed by atoms with Crippen LogP contribution in [0.2, 0.25) is 0 Å². The number of nitrogens with two attached hydrogens (primary N) is 1. The van der Waals surface area contributed by atoms with Crippen LogP contribution in [0.1, 0.15) is 15.9 Å². The lowest BCUT2D eigenvalue weighted by atomic mass is 10.2. The zero-order valence-electron chi connectivity index (χ0n) is 13.5. The maximum absolute atomic E-state index is 12.4. The molecule has 3 rings (SSSR count). The number of amides is 1. The van der Waals surface area contributed by atoms with Crippen molar-refractivity contribution in [2.45, 2.75) is 11.4 Å². The second kappa shape index (κ2) is 7.40. The Morgan fingerprint density at radius 1 is 1.19 bits per heavy atom. The molecule has 1 heterocycles. The molecule has 0 saturated heterocycles. The monoisotopic (exact) mass is 434 g/mol. The molecule has 3 aromatic rings. The van der Waals surface area contributed by atoms with E-state index < -0.39 is 15.9 Å². The van der Waals surface area contributed by atoms with E-state index in [1.165, 1.54) is 18.2 Å². The molecular formula is C17H15BrN4O3S. The van der Waals surface area contributed by atoms with Crippen molar-refractivity contribution in [3.63, 3.8) is 0 Å². The lowest BCUT2D eigenvalue weighted by Crippen LogP contribution is -2.23. The van der Waals surface area contributed by atoms with E-state index in [9.17, 15) is 13.2 Å². The van der Waals surface area contributed by atoms with Crippen LogP contribution in [0.25, 0.3) is 5.69 Å². The largest absolute Gasteiger partial charge is 0.348 e. The summed E-state index contributed by atoms with van der Waals surface area (Å²) >= 11 is 3.25. The summed E-state index contributed by atoms with van der Waals surface area (Å²) in [5, 5.41) is 12.1. The van der Waals surface area contributed by atoms with Gasteiger partial charge in [-0.25, -0.2) is 18.2 Å². The third-order valence-electron chi connectivity index (χ3n) is 3.62. The zero-order valence-corrected chi connectivity index (χ0v) is 15.9. The number of nitrogens with one attached hydrogen (secondary N) is 1. The fourth-order valence-electron chi connectivity index (χ4n) is 2.31. The third-order valence-corrected chi connectivity index (χ3v) is 5.22. The quantitative estimate of drug-likeness (QED) is 0.641. The summed E-state index contributed by atoms with van der Waals surface area (Å²) in [6, 6.07) is 13.6. The Hall–Kier alpha value is -2.49. The molecule has 1 amide bonds. The Kier molecular flexibility index (Phi) is 5.21. The number of carbonyl (C=O) groups excluding carboxylic acids is 1. The van der Waals surface area contributed by atoms with Crippen LogP contribution in [0.15, 0.2) is 70.3 Å². The number of hydrogen-bond donors (Lipinski definition) is 2. The molecule has 2 aromatic carbocycles. The highest BCUT2D eigenvalue weighted by atomic mass is 79.9. The summed E-state index contributed by atoms with van der Waals surface area (Å²) in [4.78, 5) is 12.3. The van der Waals surface area contributed by atoms with Crippen molar-refractivity contribution in [3.8, 4) is 5.69 Å². The molecule has 3 N–H and O–H groups in total. The number of sulfonamides is 1.